The molecule has 0 atom stereocenters. The number of ether oxygens (including phenoxy) is 1. The van der Waals surface area contributed by atoms with Crippen LogP contribution in [0.5, 0.6) is 5.75 Å². The number of rotatable bonds is 5. The molecule has 1 amide bonds. The molecule has 1 N–H and O–H groups in total. The first-order valence-electron chi connectivity index (χ1n) is 8.20. The molecule has 2 aromatic rings. The number of carbonyl (C=O) groups excluding carboxylic acids is 2. The van der Waals surface area contributed by atoms with Gasteiger partial charge >= 0.3 is 12.1 Å². The highest BCUT2D eigenvalue weighted by atomic mass is 19.4. The molecular formula is C17H19F3N4O3. The zero-order valence-electron chi connectivity index (χ0n) is 15.2. The average Bonchev–Trinajstić information content (AvgIpc) is 3.00. The van der Waals surface area contributed by atoms with Gasteiger partial charge in [-0.05, 0) is 32.4 Å². The normalized spacial score (nSPS) is 11.6. The van der Waals surface area contributed by atoms with E-state index in [1.807, 2.05) is 0 Å². The summed E-state index contributed by atoms with van der Waals surface area (Å²) in [4.78, 5) is 27.6. The first kappa shape index (κ1) is 20.4. The number of esters is 1. The van der Waals surface area contributed by atoms with E-state index in [0.717, 1.165) is 4.68 Å². The highest BCUT2D eigenvalue weighted by molar-refractivity contribution is 6.06. The summed E-state index contributed by atoms with van der Waals surface area (Å²) in [6, 6.07) is 4.15. The van der Waals surface area contributed by atoms with Gasteiger partial charge in [0.1, 0.15) is 5.75 Å². The van der Waals surface area contributed by atoms with Gasteiger partial charge in [0, 0.05) is 6.42 Å². The molecule has 1 heterocycles. The topological polar surface area (TPSA) is 86.1 Å². The smallest absolute Gasteiger partial charge is 0.425 e. The minimum absolute atomic E-state index is 0.00339. The monoisotopic (exact) mass is 384 g/mol. The molecule has 0 fully saturated rings. The Morgan fingerprint density at radius 2 is 1.96 bits per heavy atom. The molecule has 0 spiro atoms. The van der Waals surface area contributed by atoms with Gasteiger partial charge in [0.05, 0.1) is 11.6 Å². The van der Waals surface area contributed by atoms with Crippen LogP contribution in [0.1, 0.15) is 55.0 Å². The third-order valence-corrected chi connectivity index (χ3v) is 3.56. The third-order valence-electron chi connectivity index (χ3n) is 3.56. The zero-order chi connectivity index (χ0) is 20.4. The number of nitrogens with zero attached hydrogens (tertiary/aromatic N) is 3. The molecule has 0 bridgehead atoms. The van der Waals surface area contributed by atoms with Gasteiger partial charge in [0.25, 0.3) is 11.7 Å². The van der Waals surface area contributed by atoms with Crippen LogP contribution in [0, 0.1) is 6.92 Å². The summed E-state index contributed by atoms with van der Waals surface area (Å²) in [5.74, 6) is -2.96. The third kappa shape index (κ3) is 4.63. The average molecular weight is 384 g/mol. The summed E-state index contributed by atoms with van der Waals surface area (Å²) in [7, 11) is 0. The van der Waals surface area contributed by atoms with Crippen molar-refractivity contribution >= 4 is 17.8 Å². The Balaban J connectivity index is 2.40. The molecule has 10 heteroatoms. The molecule has 27 heavy (non-hydrogen) atoms. The number of alkyl halides is 3. The largest absolute Gasteiger partial charge is 0.453 e. The van der Waals surface area contributed by atoms with Crippen molar-refractivity contribution in [3.05, 3.63) is 35.2 Å². The summed E-state index contributed by atoms with van der Waals surface area (Å²) >= 11 is 0. The Hall–Kier alpha value is -2.91. The van der Waals surface area contributed by atoms with Crippen molar-refractivity contribution in [2.75, 3.05) is 5.32 Å². The van der Waals surface area contributed by atoms with Crippen LogP contribution in [0.25, 0.3) is 0 Å². The van der Waals surface area contributed by atoms with Crippen LogP contribution >= 0.6 is 0 Å². The molecule has 0 aliphatic rings. The predicted octanol–water partition coefficient (Wildman–Crippen LogP) is 3.75. The van der Waals surface area contributed by atoms with Crippen LogP contribution < -0.4 is 10.1 Å². The molecule has 2 rings (SSSR count). The fraction of sp³-hybridized carbons (Fsp3) is 0.412. The predicted molar refractivity (Wildman–Crippen MR) is 90.5 cm³/mol. The van der Waals surface area contributed by atoms with Crippen LogP contribution in [0.15, 0.2) is 18.2 Å². The minimum atomic E-state index is -4.75. The van der Waals surface area contributed by atoms with Crippen molar-refractivity contribution in [2.45, 2.75) is 46.3 Å². The Labute approximate surface area is 153 Å². The van der Waals surface area contributed by atoms with Gasteiger partial charge in [0.15, 0.2) is 0 Å². The second-order valence-electron chi connectivity index (χ2n) is 6.03. The van der Waals surface area contributed by atoms with Crippen molar-refractivity contribution in [1.29, 1.82) is 0 Å². The molecule has 0 saturated heterocycles. The van der Waals surface area contributed by atoms with E-state index in [0.29, 0.717) is 5.56 Å². The highest BCUT2D eigenvalue weighted by Gasteiger charge is 2.37. The first-order chi connectivity index (χ1) is 12.5. The van der Waals surface area contributed by atoms with Gasteiger partial charge in [0.2, 0.25) is 5.95 Å². The number of hydrogen-bond acceptors (Lipinski definition) is 5. The summed E-state index contributed by atoms with van der Waals surface area (Å²) in [6.07, 6.45) is -4.64. The van der Waals surface area contributed by atoms with E-state index < -0.39 is 29.9 Å². The van der Waals surface area contributed by atoms with Gasteiger partial charge < -0.3 is 4.74 Å². The molecule has 0 saturated carbocycles. The van der Waals surface area contributed by atoms with Crippen LogP contribution in [0.2, 0.25) is 0 Å². The van der Waals surface area contributed by atoms with Crippen molar-refractivity contribution in [3.63, 3.8) is 0 Å². The maximum Gasteiger partial charge on any atom is 0.453 e. The number of anilines is 1. The number of amides is 1. The Morgan fingerprint density at radius 1 is 1.30 bits per heavy atom. The molecule has 0 aliphatic heterocycles. The Bertz CT molecular complexity index is 860. The Kier molecular flexibility index (Phi) is 5.87. The van der Waals surface area contributed by atoms with E-state index in [-0.39, 0.29) is 23.7 Å². The van der Waals surface area contributed by atoms with Gasteiger partial charge in [-0.2, -0.15) is 18.2 Å². The lowest BCUT2D eigenvalue weighted by Crippen LogP contribution is -2.19. The number of hydrogen-bond donors (Lipinski definition) is 1. The van der Waals surface area contributed by atoms with E-state index in [4.69, 9.17) is 4.74 Å². The number of carbonyl (C=O) groups is 2. The van der Waals surface area contributed by atoms with Crippen LogP contribution in [-0.4, -0.2) is 26.6 Å². The molecule has 0 radical (unpaired) electrons. The van der Waals surface area contributed by atoms with Gasteiger partial charge in [-0.15, -0.1) is 5.10 Å². The standard InChI is InChI=1S/C17H19F3N4O3/c1-5-12(25)27-13-10(4)7-6-8-11(13)14(26)21-16-22-15(17(18,19)20)23-24(16)9(2)3/h6-9H,5H2,1-4H3,(H,21,22,23,26). The van der Waals surface area contributed by atoms with Gasteiger partial charge in [-0.3, -0.25) is 14.9 Å². The van der Waals surface area contributed by atoms with Gasteiger partial charge in [-0.1, -0.05) is 19.1 Å². The highest BCUT2D eigenvalue weighted by Crippen LogP contribution is 2.29. The maximum absolute atomic E-state index is 12.9. The Morgan fingerprint density at radius 3 is 2.52 bits per heavy atom. The lowest BCUT2D eigenvalue weighted by atomic mass is 10.1. The summed E-state index contributed by atoms with van der Waals surface area (Å²) < 4.78 is 44.9. The molecule has 0 unspecified atom stereocenters. The second-order valence-corrected chi connectivity index (χ2v) is 6.03. The minimum Gasteiger partial charge on any atom is -0.425 e. The fourth-order valence-corrected chi connectivity index (χ4v) is 2.21. The van der Waals surface area contributed by atoms with Crippen molar-refractivity contribution in [1.82, 2.24) is 14.8 Å². The van der Waals surface area contributed by atoms with E-state index >= 15 is 0 Å². The number of aryl methyl sites for hydroxylation is 1. The van der Waals surface area contributed by atoms with E-state index in [9.17, 15) is 22.8 Å². The van der Waals surface area contributed by atoms with Gasteiger partial charge in [-0.25, -0.2) is 4.68 Å². The van der Waals surface area contributed by atoms with E-state index in [2.05, 4.69) is 15.4 Å². The first-order valence-corrected chi connectivity index (χ1v) is 8.20. The number of para-hydroxylation sites is 1. The molecule has 1 aromatic heterocycles. The van der Waals surface area contributed by atoms with E-state index in [1.54, 1.807) is 39.8 Å². The van der Waals surface area contributed by atoms with Crippen LogP contribution in [-0.2, 0) is 11.0 Å². The summed E-state index contributed by atoms with van der Waals surface area (Å²) in [6.45, 7) is 6.45. The molecule has 146 valence electrons. The molecule has 7 nitrogen and oxygen atoms in total. The maximum atomic E-state index is 12.9. The lowest BCUT2D eigenvalue weighted by Gasteiger charge is -2.13. The van der Waals surface area contributed by atoms with Crippen molar-refractivity contribution < 1.29 is 27.5 Å². The summed E-state index contributed by atoms with van der Waals surface area (Å²) in [5.41, 5.74) is 0.537. The lowest BCUT2D eigenvalue weighted by molar-refractivity contribution is -0.145. The number of nitrogens with one attached hydrogen (secondary N) is 1. The number of benzene rings is 1. The zero-order valence-corrected chi connectivity index (χ0v) is 15.2. The van der Waals surface area contributed by atoms with Crippen LogP contribution in [0.4, 0.5) is 19.1 Å². The van der Waals surface area contributed by atoms with Crippen molar-refractivity contribution in [2.24, 2.45) is 0 Å². The van der Waals surface area contributed by atoms with E-state index in [1.165, 1.54) is 6.07 Å². The quantitative estimate of drug-likeness (QED) is 0.627. The number of halogens is 3. The molecular weight excluding hydrogens is 365 g/mol. The van der Waals surface area contributed by atoms with Crippen LogP contribution in [0.3, 0.4) is 0 Å². The SMILES string of the molecule is CCC(=O)Oc1c(C)cccc1C(=O)Nc1nc(C(F)(F)F)nn1C(C)C. The molecule has 0 aliphatic carbocycles. The fourth-order valence-electron chi connectivity index (χ4n) is 2.21. The number of aromatic nitrogens is 3. The second kappa shape index (κ2) is 7.77. The summed E-state index contributed by atoms with van der Waals surface area (Å²) in [5, 5.41) is 5.73. The van der Waals surface area contributed by atoms with Crippen molar-refractivity contribution in [3.8, 4) is 5.75 Å². The molecule has 1 aromatic carbocycles.